The summed E-state index contributed by atoms with van der Waals surface area (Å²) in [7, 11) is 0. The molecule has 0 aromatic heterocycles. The van der Waals surface area contributed by atoms with Crippen LogP contribution in [0, 0.1) is 5.41 Å². The molecule has 0 aliphatic heterocycles. The summed E-state index contributed by atoms with van der Waals surface area (Å²) in [4.78, 5) is 36.4. The number of nitrogens with one attached hydrogen (secondary N) is 2. The lowest BCUT2D eigenvalue weighted by atomic mass is 9.94. The second-order valence-corrected chi connectivity index (χ2v) is 9.42. The standard InChI is InChI=1S/C27H25ClN2O5/c1-27(2,25(32)33)15-29-24(31)16-11-12-22(28)23(13-16)30-26(34)35-14-21-19-9-5-3-7-17(19)18-8-4-6-10-20(18)21/h3-13,21H,14-15H2,1-2H3,(H,29,31)(H,30,34)(H,32,33). The Balaban J connectivity index is 1.42. The van der Waals surface area contributed by atoms with Crippen LogP contribution in [0.4, 0.5) is 10.5 Å². The lowest BCUT2D eigenvalue weighted by Crippen LogP contribution is -2.38. The number of carboxylic acids is 1. The van der Waals surface area contributed by atoms with Gasteiger partial charge in [0, 0.05) is 18.0 Å². The number of halogens is 1. The quantitative estimate of drug-likeness (QED) is 0.401. The van der Waals surface area contributed by atoms with E-state index in [2.05, 4.69) is 22.8 Å². The van der Waals surface area contributed by atoms with E-state index in [4.69, 9.17) is 16.3 Å². The number of carboxylic acid groups (broad SMARTS) is 1. The van der Waals surface area contributed by atoms with Gasteiger partial charge < -0.3 is 15.2 Å². The fourth-order valence-electron chi connectivity index (χ4n) is 3.99. The van der Waals surface area contributed by atoms with Crippen LogP contribution in [-0.4, -0.2) is 36.2 Å². The molecule has 0 saturated heterocycles. The van der Waals surface area contributed by atoms with Crippen molar-refractivity contribution in [2.45, 2.75) is 19.8 Å². The fraction of sp³-hybridized carbons (Fsp3) is 0.222. The number of anilines is 1. The van der Waals surface area contributed by atoms with Gasteiger partial charge in [0.2, 0.25) is 0 Å². The Morgan fingerprint density at radius 2 is 1.57 bits per heavy atom. The molecule has 0 atom stereocenters. The smallest absolute Gasteiger partial charge is 0.411 e. The van der Waals surface area contributed by atoms with Crippen LogP contribution in [0.25, 0.3) is 11.1 Å². The van der Waals surface area contributed by atoms with Crippen LogP contribution in [0.5, 0.6) is 0 Å². The van der Waals surface area contributed by atoms with Gasteiger partial charge in [-0.05, 0) is 54.3 Å². The van der Waals surface area contributed by atoms with Crippen LogP contribution in [0.2, 0.25) is 5.02 Å². The third kappa shape index (κ3) is 5.15. The number of ether oxygens (including phenoxy) is 1. The molecule has 0 unspecified atom stereocenters. The molecule has 4 rings (SSSR count). The molecule has 0 radical (unpaired) electrons. The average molecular weight is 493 g/mol. The molecule has 180 valence electrons. The summed E-state index contributed by atoms with van der Waals surface area (Å²) in [5.41, 5.74) is 3.78. The Kier molecular flexibility index (Phi) is 6.80. The van der Waals surface area contributed by atoms with E-state index in [1.165, 1.54) is 32.0 Å². The number of hydrogen-bond donors (Lipinski definition) is 3. The molecule has 0 bridgehead atoms. The zero-order chi connectivity index (χ0) is 25.2. The molecular formula is C27H25ClN2O5. The fourth-order valence-corrected chi connectivity index (χ4v) is 4.15. The predicted molar refractivity (Wildman–Crippen MR) is 134 cm³/mol. The van der Waals surface area contributed by atoms with Crippen molar-refractivity contribution in [2.24, 2.45) is 5.41 Å². The van der Waals surface area contributed by atoms with Crippen LogP contribution in [-0.2, 0) is 9.53 Å². The number of aliphatic carboxylic acids is 1. The highest BCUT2D eigenvalue weighted by Crippen LogP contribution is 2.44. The highest BCUT2D eigenvalue weighted by atomic mass is 35.5. The van der Waals surface area contributed by atoms with Gasteiger partial charge in [-0.3, -0.25) is 14.9 Å². The van der Waals surface area contributed by atoms with Gasteiger partial charge in [-0.25, -0.2) is 4.79 Å². The van der Waals surface area contributed by atoms with E-state index in [9.17, 15) is 19.5 Å². The van der Waals surface area contributed by atoms with Crippen molar-refractivity contribution < 1.29 is 24.2 Å². The molecule has 0 fully saturated rings. The lowest BCUT2D eigenvalue weighted by Gasteiger charge is -2.19. The van der Waals surface area contributed by atoms with Gasteiger partial charge >= 0.3 is 12.1 Å². The normalized spacial score (nSPS) is 12.4. The van der Waals surface area contributed by atoms with Gasteiger partial charge in [0.25, 0.3) is 5.91 Å². The molecule has 8 heteroatoms. The second kappa shape index (κ2) is 9.80. The second-order valence-electron chi connectivity index (χ2n) is 9.02. The first kappa shape index (κ1) is 24.3. The van der Waals surface area contributed by atoms with Crippen LogP contribution >= 0.6 is 11.6 Å². The molecule has 35 heavy (non-hydrogen) atoms. The Morgan fingerprint density at radius 1 is 0.971 bits per heavy atom. The van der Waals surface area contributed by atoms with E-state index in [0.717, 1.165) is 22.3 Å². The summed E-state index contributed by atoms with van der Waals surface area (Å²) in [6.07, 6.45) is -0.696. The molecule has 2 amide bonds. The van der Waals surface area contributed by atoms with E-state index in [1.807, 2.05) is 36.4 Å². The molecule has 0 spiro atoms. The Hall–Kier alpha value is -3.84. The van der Waals surface area contributed by atoms with E-state index in [1.54, 1.807) is 0 Å². The first-order valence-corrected chi connectivity index (χ1v) is 11.5. The molecule has 3 N–H and O–H groups in total. The third-order valence-corrected chi connectivity index (χ3v) is 6.41. The van der Waals surface area contributed by atoms with Crippen molar-refractivity contribution in [3.63, 3.8) is 0 Å². The van der Waals surface area contributed by atoms with E-state index < -0.39 is 23.4 Å². The van der Waals surface area contributed by atoms with Crippen molar-refractivity contribution >= 4 is 35.3 Å². The van der Waals surface area contributed by atoms with E-state index in [-0.39, 0.29) is 35.3 Å². The van der Waals surface area contributed by atoms with Gasteiger partial charge in [-0.1, -0.05) is 60.1 Å². The van der Waals surface area contributed by atoms with Crippen molar-refractivity contribution in [1.82, 2.24) is 5.32 Å². The first-order chi connectivity index (χ1) is 16.7. The Bertz CT molecular complexity index is 1260. The molecule has 0 saturated carbocycles. The maximum Gasteiger partial charge on any atom is 0.411 e. The monoisotopic (exact) mass is 492 g/mol. The minimum atomic E-state index is -1.12. The molecule has 7 nitrogen and oxygen atoms in total. The highest BCUT2D eigenvalue weighted by molar-refractivity contribution is 6.33. The number of benzene rings is 3. The number of fused-ring (bicyclic) bond motifs is 3. The number of rotatable bonds is 7. The van der Waals surface area contributed by atoms with Crippen LogP contribution in [0.1, 0.15) is 41.3 Å². The third-order valence-electron chi connectivity index (χ3n) is 6.08. The van der Waals surface area contributed by atoms with Crippen molar-refractivity contribution in [1.29, 1.82) is 0 Å². The summed E-state index contributed by atoms with van der Waals surface area (Å²) >= 11 is 6.22. The lowest BCUT2D eigenvalue weighted by molar-refractivity contribution is -0.146. The van der Waals surface area contributed by atoms with E-state index >= 15 is 0 Å². The molecule has 1 aliphatic carbocycles. The van der Waals surface area contributed by atoms with E-state index in [0.29, 0.717) is 0 Å². The zero-order valence-electron chi connectivity index (χ0n) is 19.3. The maximum atomic E-state index is 12.6. The molecule has 1 aliphatic rings. The number of carbonyl (C=O) groups excluding carboxylic acids is 2. The predicted octanol–water partition coefficient (Wildman–Crippen LogP) is 5.54. The first-order valence-electron chi connectivity index (χ1n) is 11.1. The Labute approximate surface area is 208 Å². The van der Waals surface area contributed by atoms with Gasteiger partial charge in [-0.2, -0.15) is 0 Å². The van der Waals surface area contributed by atoms with Gasteiger partial charge in [0.1, 0.15) is 6.61 Å². The zero-order valence-corrected chi connectivity index (χ0v) is 20.1. The van der Waals surface area contributed by atoms with Gasteiger partial charge in [-0.15, -0.1) is 0 Å². The molecular weight excluding hydrogens is 468 g/mol. The minimum absolute atomic E-state index is 0.0566. The average Bonchev–Trinajstić information content (AvgIpc) is 3.16. The summed E-state index contributed by atoms with van der Waals surface area (Å²) < 4.78 is 5.54. The van der Waals surface area contributed by atoms with Crippen LogP contribution in [0.3, 0.4) is 0 Å². The molecule has 3 aromatic carbocycles. The number of carbonyl (C=O) groups is 3. The summed E-state index contributed by atoms with van der Waals surface area (Å²) in [5.74, 6) is -1.59. The van der Waals surface area contributed by atoms with Crippen LogP contribution < -0.4 is 10.6 Å². The highest BCUT2D eigenvalue weighted by Gasteiger charge is 2.29. The summed E-state index contributed by atoms with van der Waals surface area (Å²) in [6.45, 7) is 3.12. The summed E-state index contributed by atoms with van der Waals surface area (Å²) in [6, 6.07) is 20.5. The van der Waals surface area contributed by atoms with Crippen molar-refractivity contribution in [3.8, 4) is 11.1 Å². The largest absolute Gasteiger partial charge is 0.481 e. The Morgan fingerprint density at radius 3 is 2.17 bits per heavy atom. The number of hydrogen-bond acceptors (Lipinski definition) is 4. The topological polar surface area (TPSA) is 105 Å². The van der Waals surface area contributed by atoms with Crippen molar-refractivity contribution in [2.75, 3.05) is 18.5 Å². The molecule has 3 aromatic rings. The molecule has 0 heterocycles. The van der Waals surface area contributed by atoms with Crippen LogP contribution in [0.15, 0.2) is 66.7 Å². The van der Waals surface area contributed by atoms with Gasteiger partial charge in [0.15, 0.2) is 0 Å². The SMILES string of the molecule is CC(C)(CNC(=O)c1ccc(Cl)c(NC(=O)OCC2c3ccccc3-c3ccccc32)c1)C(=O)O. The van der Waals surface area contributed by atoms with Crippen molar-refractivity contribution in [3.05, 3.63) is 88.4 Å². The minimum Gasteiger partial charge on any atom is -0.481 e. The number of amides is 2. The summed E-state index contributed by atoms with van der Waals surface area (Å²) in [5, 5.41) is 14.6. The van der Waals surface area contributed by atoms with Gasteiger partial charge in [0.05, 0.1) is 16.1 Å². The maximum absolute atomic E-state index is 12.6.